The van der Waals surface area contributed by atoms with Crippen molar-refractivity contribution in [3.63, 3.8) is 0 Å². The maximum atomic E-state index is 5.60. The molecule has 16 heavy (non-hydrogen) atoms. The number of benzene rings is 1. The first-order valence-electron chi connectivity index (χ1n) is 5.37. The highest BCUT2D eigenvalue weighted by atomic mass is 127. The predicted molar refractivity (Wildman–Crippen MR) is 71.7 cm³/mol. The quantitative estimate of drug-likeness (QED) is 0.566. The lowest BCUT2D eigenvalue weighted by molar-refractivity contribution is -0.152. The molecule has 0 aromatic heterocycles. The lowest BCUT2D eigenvalue weighted by Crippen LogP contribution is -2.25. The monoisotopic (exact) mass is 336 g/mol. The molecule has 0 heterocycles. The summed E-state index contributed by atoms with van der Waals surface area (Å²) in [6.07, 6.45) is -0.284. The fourth-order valence-corrected chi connectivity index (χ4v) is 1.75. The third kappa shape index (κ3) is 5.14. The molecule has 1 aromatic rings. The van der Waals surface area contributed by atoms with Gasteiger partial charge in [-0.05, 0) is 54.6 Å². The van der Waals surface area contributed by atoms with E-state index in [1.165, 1.54) is 0 Å². The van der Waals surface area contributed by atoms with Gasteiger partial charge in [-0.15, -0.1) is 0 Å². The van der Waals surface area contributed by atoms with Crippen molar-refractivity contribution in [3.05, 3.63) is 27.8 Å². The minimum atomic E-state index is -0.284. The lowest BCUT2D eigenvalue weighted by Gasteiger charge is -2.17. The number of hydrogen-bond donors (Lipinski definition) is 0. The summed E-state index contributed by atoms with van der Waals surface area (Å²) in [5.41, 5.74) is 0. The van der Waals surface area contributed by atoms with E-state index in [1.54, 1.807) is 0 Å². The molecule has 0 aliphatic heterocycles. The van der Waals surface area contributed by atoms with Gasteiger partial charge in [0, 0.05) is 16.8 Å². The van der Waals surface area contributed by atoms with E-state index < -0.39 is 0 Å². The van der Waals surface area contributed by atoms with Gasteiger partial charge in [0.15, 0.2) is 6.29 Å². The van der Waals surface area contributed by atoms with E-state index >= 15 is 0 Å². The second kappa shape index (κ2) is 7.86. The first-order chi connectivity index (χ1) is 7.76. The van der Waals surface area contributed by atoms with E-state index in [4.69, 9.17) is 14.2 Å². The van der Waals surface area contributed by atoms with Crippen LogP contribution in [-0.2, 0) is 9.47 Å². The van der Waals surface area contributed by atoms with Crippen LogP contribution in [0.2, 0.25) is 0 Å². The summed E-state index contributed by atoms with van der Waals surface area (Å²) in [6, 6.07) is 7.90. The summed E-state index contributed by atoms with van der Waals surface area (Å²) < 4.78 is 17.5. The zero-order valence-electron chi connectivity index (χ0n) is 9.61. The van der Waals surface area contributed by atoms with Gasteiger partial charge in [0.1, 0.15) is 12.4 Å². The van der Waals surface area contributed by atoms with Gasteiger partial charge in [-0.2, -0.15) is 0 Å². The average molecular weight is 336 g/mol. The molecule has 0 saturated heterocycles. The summed E-state index contributed by atoms with van der Waals surface area (Å²) in [7, 11) is 0. The van der Waals surface area contributed by atoms with E-state index in [9.17, 15) is 0 Å². The predicted octanol–water partition coefficient (Wildman–Crippen LogP) is 3.07. The summed E-state index contributed by atoms with van der Waals surface area (Å²) in [4.78, 5) is 0. The lowest BCUT2D eigenvalue weighted by atomic mass is 10.3. The van der Waals surface area contributed by atoms with Crippen molar-refractivity contribution in [2.24, 2.45) is 0 Å². The van der Waals surface area contributed by atoms with Crippen molar-refractivity contribution < 1.29 is 14.2 Å². The van der Waals surface area contributed by atoms with Gasteiger partial charge in [-0.25, -0.2) is 0 Å². The van der Waals surface area contributed by atoms with E-state index in [2.05, 4.69) is 22.6 Å². The average Bonchev–Trinajstić information content (AvgIpc) is 2.27. The van der Waals surface area contributed by atoms with Crippen LogP contribution in [0.25, 0.3) is 0 Å². The fraction of sp³-hybridized carbons (Fsp3) is 0.500. The highest BCUT2D eigenvalue weighted by molar-refractivity contribution is 14.1. The molecular weight excluding hydrogens is 319 g/mol. The van der Waals surface area contributed by atoms with Gasteiger partial charge in [-0.1, -0.05) is 6.07 Å². The second-order valence-corrected chi connectivity index (χ2v) is 4.35. The van der Waals surface area contributed by atoms with Crippen LogP contribution in [0.15, 0.2) is 24.3 Å². The zero-order chi connectivity index (χ0) is 11.8. The zero-order valence-corrected chi connectivity index (χ0v) is 11.8. The van der Waals surface area contributed by atoms with Gasteiger partial charge in [0.25, 0.3) is 0 Å². The molecule has 1 rings (SSSR count). The van der Waals surface area contributed by atoms with Crippen molar-refractivity contribution in [3.8, 4) is 5.75 Å². The molecular formula is C12H17IO3. The summed E-state index contributed by atoms with van der Waals surface area (Å²) in [6.45, 7) is 5.55. The van der Waals surface area contributed by atoms with Crippen molar-refractivity contribution in [2.75, 3.05) is 19.8 Å². The Balaban J connectivity index is 2.41. The third-order valence-corrected chi connectivity index (χ3v) is 2.56. The van der Waals surface area contributed by atoms with Crippen molar-refractivity contribution >= 4 is 22.6 Å². The van der Waals surface area contributed by atoms with Crippen molar-refractivity contribution in [2.45, 2.75) is 20.1 Å². The highest BCUT2D eigenvalue weighted by Gasteiger charge is 2.08. The van der Waals surface area contributed by atoms with Crippen LogP contribution in [0.3, 0.4) is 0 Å². The van der Waals surface area contributed by atoms with Gasteiger partial charge in [-0.3, -0.25) is 0 Å². The maximum absolute atomic E-state index is 5.60. The molecule has 0 N–H and O–H groups in total. The third-order valence-electron chi connectivity index (χ3n) is 1.89. The molecule has 0 spiro atoms. The number of hydrogen-bond acceptors (Lipinski definition) is 3. The first-order valence-corrected chi connectivity index (χ1v) is 6.45. The molecule has 0 unspecified atom stereocenters. The molecule has 0 radical (unpaired) electrons. The van der Waals surface area contributed by atoms with Crippen LogP contribution < -0.4 is 4.74 Å². The van der Waals surface area contributed by atoms with Gasteiger partial charge < -0.3 is 14.2 Å². The molecule has 3 nitrogen and oxygen atoms in total. The molecule has 1 aromatic carbocycles. The molecule has 0 bridgehead atoms. The minimum Gasteiger partial charge on any atom is -0.488 e. The Bertz CT molecular complexity index is 298. The fourth-order valence-electron chi connectivity index (χ4n) is 1.24. The van der Waals surface area contributed by atoms with Crippen molar-refractivity contribution in [1.82, 2.24) is 0 Å². The smallest absolute Gasteiger partial charge is 0.191 e. The van der Waals surface area contributed by atoms with Crippen LogP contribution in [0.5, 0.6) is 5.75 Å². The number of rotatable bonds is 7. The number of halogens is 1. The van der Waals surface area contributed by atoms with Crippen molar-refractivity contribution in [1.29, 1.82) is 0 Å². The molecule has 0 amide bonds. The molecule has 0 fully saturated rings. The van der Waals surface area contributed by atoms with E-state index in [0.717, 1.165) is 9.32 Å². The van der Waals surface area contributed by atoms with Crippen LogP contribution in [-0.4, -0.2) is 26.1 Å². The normalized spacial score (nSPS) is 10.8. The standard InChI is InChI=1S/C12H17IO3/c1-3-14-12(15-4-2)9-16-11-7-5-6-10(13)8-11/h5-8,12H,3-4,9H2,1-2H3. The van der Waals surface area contributed by atoms with E-state index in [-0.39, 0.29) is 6.29 Å². The largest absolute Gasteiger partial charge is 0.488 e. The molecule has 4 heteroatoms. The molecule has 0 saturated carbocycles. The summed E-state index contributed by atoms with van der Waals surface area (Å²) in [5, 5.41) is 0. The van der Waals surface area contributed by atoms with Gasteiger partial charge >= 0.3 is 0 Å². The van der Waals surface area contributed by atoms with Gasteiger partial charge in [0.2, 0.25) is 0 Å². The summed E-state index contributed by atoms with van der Waals surface area (Å²) in [5.74, 6) is 0.844. The Kier molecular flexibility index (Phi) is 6.75. The van der Waals surface area contributed by atoms with Gasteiger partial charge in [0.05, 0.1) is 0 Å². The van der Waals surface area contributed by atoms with Crippen LogP contribution in [0.4, 0.5) is 0 Å². The Morgan fingerprint density at radius 2 is 1.88 bits per heavy atom. The Labute approximate surface area is 110 Å². The molecule has 0 aliphatic rings. The maximum Gasteiger partial charge on any atom is 0.191 e. The summed E-state index contributed by atoms with van der Waals surface area (Å²) >= 11 is 2.25. The minimum absolute atomic E-state index is 0.284. The van der Waals surface area contributed by atoms with Crippen LogP contribution >= 0.6 is 22.6 Å². The molecule has 90 valence electrons. The SMILES string of the molecule is CCOC(COc1cccc(I)c1)OCC. The Morgan fingerprint density at radius 1 is 1.19 bits per heavy atom. The molecule has 0 aliphatic carbocycles. The number of ether oxygens (including phenoxy) is 3. The van der Waals surface area contributed by atoms with Crippen LogP contribution in [0.1, 0.15) is 13.8 Å². The topological polar surface area (TPSA) is 27.7 Å². The van der Waals surface area contributed by atoms with E-state index in [1.807, 2.05) is 38.1 Å². The van der Waals surface area contributed by atoms with E-state index in [0.29, 0.717) is 19.8 Å². The van der Waals surface area contributed by atoms with Crippen LogP contribution in [0, 0.1) is 3.57 Å². The highest BCUT2D eigenvalue weighted by Crippen LogP contribution is 2.15. The second-order valence-electron chi connectivity index (χ2n) is 3.11. The molecule has 0 atom stereocenters. The Morgan fingerprint density at radius 3 is 2.44 bits per heavy atom. The first kappa shape index (κ1) is 13.7. The Hall–Kier alpha value is -0.330.